The Labute approximate surface area is 62.6 Å². The lowest BCUT2D eigenvalue weighted by molar-refractivity contribution is 0.234. The minimum absolute atomic E-state index is 0.343. The molecule has 1 heterocycles. The zero-order valence-electron chi connectivity index (χ0n) is 6.80. The number of hydrogen-bond acceptors (Lipinski definition) is 2. The zero-order valence-corrected chi connectivity index (χ0v) is 6.80. The van der Waals surface area contributed by atoms with Crippen LogP contribution in [0.25, 0.3) is 0 Å². The summed E-state index contributed by atoms with van der Waals surface area (Å²) in [5.41, 5.74) is 0. The van der Waals surface area contributed by atoms with Crippen molar-refractivity contribution in [1.82, 2.24) is 5.32 Å². The smallest absolute Gasteiger partial charge is 0.0471 e. The van der Waals surface area contributed by atoms with E-state index in [0.717, 1.165) is 13.0 Å². The molecule has 0 aliphatic carbocycles. The standard InChI is InChI=1S/C8H17NO/c1-6(2)8-3-7(5-10)4-9-8/h6-10H,3-5H2,1-2H3. The molecule has 0 bridgehead atoms. The van der Waals surface area contributed by atoms with Gasteiger partial charge in [0.15, 0.2) is 0 Å². The lowest BCUT2D eigenvalue weighted by Gasteiger charge is -2.13. The van der Waals surface area contributed by atoms with Gasteiger partial charge in [-0.05, 0) is 18.3 Å². The van der Waals surface area contributed by atoms with Gasteiger partial charge in [-0.15, -0.1) is 0 Å². The molecule has 1 fully saturated rings. The number of aliphatic hydroxyl groups is 1. The minimum atomic E-state index is 0.343. The van der Waals surface area contributed by atoms with Crippen LogP contribution in [0.3, 0.4) is 0 Å². The molecule has 0 aromatic heterocycles. The Morgan fingerprint density at radius 1 is 1.60 bits per heavy atom. The van der Waals surface area contributed by atoms with E-state index < -0.39 is 0 Å². The first kappa shape index (κ1) is 8.02. The van der Waals surface area contributed by atoms with Crippen LogP contribution >= 0.6 is 0 Å². The molecular formula is C8H17NO. The summed E-state index contributed by atoms with van der Waals surface area (Å²) in [6.07, 6.45) is 1.15. The Kier molecular flexibility index (Phi) is 2.69. The molecule has 1 aliphatic heterocycles. The van der Waals surface area contributed by atoms with Gasteiger partial charge < -0.3 is 10.4 Å². The predicted octanol–water partition coefficient (Wildman–Crippen LogP) is 0.613. The predicted molar refractivity (Wildman–Crippen MR) is 41.8 cm³/mol. The fourth-order valence-corrected chi connectivity index (χ4v) is 1.49. The highest BCUT2D eigenvalue weighted by Crippen LogP contribution is 2.18. The summed E-state index contributed by atoms with van der Waals surface area (Å²) in [6.45, 7) is 5.78. The summed E-state index contributed by atoms with van der Waals surface area (Å²) in [6, 6.07) is 0.636. The van der Waals surface area contributed by atoms with Crippen LogP contribution in [0.5, 0.6) is 0 Å². The molecule has 60 valence electrons. The Morgan fingerprint density at radius 2 is 2.30 bits per heavy atom. The van der Waals surface area contributed by atoms with Crippen LogP contribution < -0.4 is 5.32 Å². The summed E-state index contributed by atoms with van der Waals surface area (Å²) < 4.78 is 0. The van der Waals surface area contributed by atoms with Crippen molar-refractivity contribution in [2.24, 2.45) is 11.8 Å². The van der Waals surface area contributed by atoms with Crippen molar-refractivity contribution < 1.29 is 5.11 Å². The van der Waals surface area contributed by atoms with Crippen molar-refractivity contribution in [3.05, 3.63) is 0 Å². The molecular weight excluding hydrogens is 126 g/mol. The first-order chi connectivity index (χ1) is 4.74. The van der Waals surface area contributed by atoms with E-state index >= 15 is 0 Å². The van der Waals surface area contributed by atoms with Crippen LogP contribution in [0.15, 0.2) is 0 Å². The SMILES string of the molecule is CC(C)C1CC(CO)CN1. The van der Waals surface area contributed by atoms with E-state index in [0.29, 0.717) is 24.5 Å². The molecule has 2 atom stereocenters. The van der Waals surface area contributed by atoms with Gasteiger partial charge >= 0.3 is 0 Å². The van der Waals surface area contributed by atoms with E-state index in [2.05, 4.69) is 19.2 Å². The fraction of sp³-hybridized carbons (Fsp3) is 1.00. The zero-order chi connectivity index (χ0) is 7.56. The maximum Gasteiger partial charge on any atom is 0.0471 e. The number of aliphatic hydroxyl groups excluding tert-OH is 1. The lowest BCUT2D eigenvalue weighted by Crippen LogP contribution is -2.26. The molecule has 1 rings (SSSR count). The van der Waals surface area contributed by atoms with Crippen LogP contribution in [0.4, 0.5) is 0 Å². The molecule has 10 heavy (non-hydrogen) atoms. The molecule has 0 aromatic rings. The van der Waals surface area contributed by atoms with Crippen molar-refractivity contribution in [3.63, 3.8) is 0 Å². The highest BCUT2D eigenvalue weighted by molar-refractivity contribution is 4.82. The number of nitrogens with one attached hydrogen (secondary N) is 1. The van der Waals surface area contributed by atoms with Crippen molar-refractivity contribution in [2.75, 3.05) is 13.2 Å². The largest absolute Gasteiger partial charge is 0.396 e. The number of rotatable bonds is 2. The molecule has 1 aliphatic rings. The van der Waals surface area contributed by atoms with Gasteiger partial charge in [-0.3, -0.25) is 0 Å². The van der Waals surface area contributed by atoms with Gasteiger partial charge in [-0.25, -0.2) is 0 Å². The van der Waals surface area contributed by atoms with Gasteiger partial charge in [0.05, 0.1) is 0 Å². The first-order valence-corrected chi connectivity index (χ1v) is 4.08. The van der Waals surface area contributed by atoms with Gasteiger partial charge in [0, 0.05) is 19.2 Å². The third-order valence-electron chi connectivity index (χ3n) is 2.32. The molecule has 2 unspecified atom stereocenters. The van der Waals surface area contributed by atoms with E-state index in [4.69, 9.17) is 5.11 Å². The minimum Gasteiger partial charge on any atom is -0.396 e. The van der Waals surface area contributed by atoms with Crippen LogP contribution in [-0.2, 0) is 0 Å². The monoisotopic (exact) mass is 143 g/mol. The third kappa shape index (κ3) is 1.70. The summed E-state index contributed by atoms with van der Waals surface area (Å²) in [5, 5.41) is 12.2. The van der Waals surface area contributed by atoms with Crippen molar-refractivity contribution in [3.8, 4) is 0 Å². The maximum atomic E-state index is 8.83. The Bertz CT molecular complexity index is 103. The molecule has 0 amide bonds. The Balaban J connectivity index is 2.28. The van der Waals surface area contributed by atoms with Crippen molar-refractivity contribution in [2.45, 2.75) is 26.3 Å². The molecule has 0 spiro atoms. The van der Waals surface area contributed by atoms with Gasteiger partial charge in [-0.1, -0.05) is 13.8 Å². The average Bonchev–Trinajstić information content (AvgIpc) is 2.34. The molecule has 2 heteroatoms. The summed E-state index contributed by atoms with van der Waals surface area (Å²) in [7, 11) is 0. The van der Waals surface area contributed by atoms with Gasteiger partial charge in [0.2, 0.25) is 0 Å². The van der Waals surface area contributed by atoms with Crippen molar-refractivity contribution >= 4 is 0 Å². The van der Waals surface area contributed by atoms with E-state index in [-0.39, 0.29) is 0 Å². The summed E-state index contributed by atoms with van der Waals surface area (Å²) >= 11 is 0. The third-order valence-corrected chi connectivity index (χ3v) is 2.32. The maximum absolute atomic E-state index is 8.83. The molecule has 0 saturated carbocycles. The Hall–Kier alpha value is -0.0800. The second-order valence-electron chi connectivity index (χ2n) is 3.54. The quantitative estimate of drug-likeness (QED) is 0.593. The van der Waals surface area contributed by atoms with Crippen molar-refractivity contribution in [1.29, 1.82) is 0 Å². The highest BCUT2D eigenvalue weighted by atomic mass is 16.3. The number of hydrogen-bond donors (Lipinski definition) is 2. The molecule has 2 nitrogen and oxygen atoms in total. The fourth-order valence-electron chi connectivity index (χ4n) is 1.49. The average molecular weight is 143 g/mol. The highest BCUT2D eigenvalue weighted by Gasteiger charge is 2.24. The second kappa shape index (κ2) is 3.35. The van der Waals surface area contributed by atoms with E-state index in [9.17, 15) is 0 Å². The van der Waals surface area contributed by atoms with Gasteiger partial charge in [0.1, 0.15) is 0 Å². The van der Waals surface area contributed by atoms with Gasteiger partial charge in [0.25, 0.3) is 0 Å². The van der Waals surface area contributed by atoms with E-state index in [1.807, 2.05) is 0 Å². The van der Waals surface area contributed by atoms with Crippen LogP contribution in [0, 0.1) is 11.8 Å². The first-order valence-electron chi connectivity index (χ1n) is 4.08. The van der Waals surface area contributed by atoms with Crippen LogP contribution in [-0.4, -0.2) is 24.3 Å². The second-order valence-corrected chi connectivity index (χ2v) is 3.54. The summed E-state index contributed by atoms with van der Waals surface area (Å²) in [4.78, 5) is 0. The van der Waals surface area contributed by atoms with E-state index in [1.165, 1.54) is 0 Å². The molecule has 1 saturated heterocycles. The van der Waals surface area contributed by atoms with Crippen LogP contribution in [0.2, 0.25) is 0 Å². The van der Waals surface area contributed by atoms with Gasteiger partial charge in [-0.2, -0.15) is 0 Å². The summed E-state index contributed by atoms with van der Waals surface area (Å²) in [5.74, 6) is 1.21. The molecule has 0 aromatic carbocycles. The van der Waals surface area contributed by atoms with E-state index in [1.54, 1.807) is 0 Å². The normalized spacial score (nSPS) is 33.6. The molecule has 2 N–H and O–H groups in total. The molecule has 0 radical (unpaired) electrons. The Morgan fingerprint density at radius 3 is 2.60 bits per heavy atom. The lowest BCUT2D eigenvalue weighted by atomic mass is 9.99. The topological polar surface area (TPSA) is 32.3 Å². The van der Waals surface area contributed by atoms with Crippen LogP contribution in [0.1, 0.15) is 20.3 Å².